The third-order valence-corrected chi connectivity index (χ3v) is 3.99. The van der Waals surface area contributed by atoms with E-state index in [-0.39, 0.29) is 11.9 Å². The maximum absolute atomic E-state index is 12.3. The van der Waals surface area contributed by atoms with Crippen molar-refractivity contribution in [3.63, 3.8) is 0 Å². The SMILES string of the molecule is CNC(CCCCN)C(=O)N1CCC(N)(C(=O)O)CC1. The molecule has 0 saturated carbocycles. The quantitative estimate of drug-likeness (QED) is 0.450. The molecule has 0 aliphatic carbocycles. The van der Waals surface area contributed by atoms with E-state index < -0.39 is 11.5 Å². The highest BCUT2D eigenvalue weighted by atomic mass is 16.4. The van der Waals surface area contributed by atoms with E-state index in [2.05, 4.69) is 5.32 Å². The zero-order valence-electron chi connectivity index (χ0n) is 12.1. The summed E-state index contributed by atoms with van der Waals surface area (Å²) in [5.41, 5.74) is 10.1. The zero-order chi connectivity index (χ0) is 15.2. The molecule has 0 spiro atoms. The molecule has 20 heavy (non-hydrogen) atoms. The van der Waals surface area contributed by atoms with Crippen LogP contribution in [-0.4, -0.2) is 60.1 Å². The van der Waals surface area contributed by atoms with Gasteiger partial charge in [0.05, 0.1) is 6.04 Å². The van der Waals surface area contributed by atoms with Gasteiger partial charge in [0.15, 0.2) is 0 Å². The number of nitrogens with one attached hydrogen (secondary N) is 1. The third-order valence-electron chi connectivity index (χ3n) is 3.99. The lowest BCUT2D eigenvalue weighted by molar-refractivity contribution is -0.148. The average molecular weight is 286 g/mol. The number of nitrogens with zero attached hydrogens (tertiary/aromatic N) is 1. The maximum atomic E-state index is 12.3. The molecule has 0 aromatic carbocycles. The van der Waals surface area contributed by atoms with Gasteiger partial charge in [0.1, 0.15) is 5.54 Å². The predicted octanol–water partition coefficient (Wildman–Crippen LogP) is -0.892. The van der Waals surface area contributed by atoms with E-state index in [0.717, 1.165) is 19.3 Å². The second-order valence-electron chi connectivity index (χ2n) is 5.41. The first-order valence-corrected chi connectivity index (χ1v) is 7.13. The molecular weight excluding hydrogens is 260 g/mol. The molecule has 1 heterocycles. The van der Waals surface area contributed by atoms with Gasteiger partial charge < -0.3 is 26.8 Å². The first kappa shape index (κ1) is 16.9. The van der Waals surface area contributed by atoms with Crippen molar-refractivity contribution in [3.05, 3.63) is 0 Å². The van der Waals surface area contributed by atoms with Crippen molar-refractivity contribution in [2.45, 2.75) is 43.7 Å². The van der Waals surface area contributed by atoms with Crippen LogP contribution in [0.15, 0.2) is 0 Å². The van der Waals surface area contributed by atoms with Gasteiger partial charge in [-0.25, -0.2) is 0 Å². The van der Waals surface area contributed by atoms with Crippen LogP contribution in [0.2, 0.25) is 0 Å². The largest absolute Gasteiger partial charge is 0.480 e. The average Bonchev–Trinajstić information content (AvgIpc) is 2.44. The van der Waals surface area contributed by atoms with Gasteiger partial charge in [-0.3, -0.25) is 9.59 Å². The highest BCUT2D eigenvalue weighted by Crippen LogP contribution is 2.21. The molecule has 7 heteroatoms. The molecular formula is C13H26N4O3. The van der Waals surface area contributed by atoms with Gasteiger partial charge >= 0.3 is 5.97 Å². The molecule has 7 nitrogen and oxygen atoms in total. The lowest BCUT2D eigenvalue weighted by Crippen LogP contribution is -2.58. The number of unbranched alkanes of at least 4 members (excludes halogenated alkanes) is 1. The number of carboxylic acid groups (broad SMARTS) is 1. The summed E-state index contributed by atoms with van der Waals surface area (Å²) in [4.78, 5) is 25.1. The number of amides is 1. The highest BCUT2D eigenvalue weighted by molar-refractivity contribution is 5.83. The Kier molecular flexibility index (Phi) is 6.38. The van der Waals surface area contributed by atoms with Crippen LogP contribution in [0.3, 0.4) is 0 Å². The third kappa shape index (κ3) is 4.16. The summed E-state index contributed by atoms with van der Waals surface area (Å²) in [7, 11) is 1.76. The molecule has 1 amide bonds. The van der Waals surface area contributed by atoms with E-state index in [9.17, 15) is 9.59 Å². The molecule has 1 fully saturated rings. The number of carboxylic acids is 1. The molecule has 1 aliphatic heterocycles. The number of carbonyl (C=O) groups is 2. The van der Waals surface area contributed by atoms with E-state index in [4.69, 9.17) is 16.6 Å². The molecule has 0 radical (unpaired) electrons. The van der Waals surface area contributed by atoms with Crippen molar-refractivity contribution >= 4 is 11.9 Å². The van der Waals surface area contributed by atoms with Gasteiger partial charge in [-0.2, -0.15) is 0 Å². The van der Waals surface area contributed by atoms with Crippen molar-refractivity contribution in [1.29, 1.82) is 0 Å². The van der Waals surface area contributed by atoms with E-state index >= 15 is 0 Å². The van der Waals surface area contributed by atoms with Gasteiger partial charge in [0.2, 0.25) is 5.91 Å². The summed E-state index contributed by atoms with van der Waals surface area (Å²) in [6.07, 6.45) is 3.14. The zero-order valence-corrected chi connectivity index (χ0v) is 12.1. The number of piperidine rings is 1. The van der Waals surface area contributed by atoms with Crippen LogP contribution in [0.25, 0.3) is 0 Å². The molecule has 0 bridgehead atoms. The summed E-state index contributed by atoms with van der Waals surface area (Å²) >= 11 is 0. The fourth-order valence-electron chi connectivity index (χ4n) is 2.44. The molecule has 0 aromatic rings. The monoisotopic (exact) mass is 286 g/mol. The molecule has 1 saturated heterocycles. The first-order valence-electron chi connectivity index (χ1n) is 7.13. The number of likely N-dealkylation sites (tertiary alicyclic amines) is 1. The van der Waals surface area contributed by atoms with E-state index in [0.29, 0.717) is 32.5 Å². The Labute approximate surface area is 119 Å². The van der Waals surface area contributed by atoms with Gasteiger partial charge in [-0.1, -0.05) is 6.42 Å². The van der Waals surface area contributed by atoms with Gasteiger partial charge in [-0.05, 0) is 39.3 Å². The number of aliphatic carboxylic acids is 1. The number of likely N-dealkylation sites (N-methyl/N-ethyl adjacent to an activating group) is 1. The Morgan fingerprint density at radius 2 is 1.95 bits per heavy atom. The van der Waals surface area contributed by atoms with Gasteiger partial charge in [-0.15, -0.1) is 0 Å². The van der Waals surface area contributed by atoms with E-state index in [1.807, 2.05) is 0 Å². The van der Waals surface area contributed by atoms with Crippen molar-refractivity contribution < 1.29 is 14.7 Å². The minimum Gasteiger partial charge on any atom is -0.480 e. The molecule has 6 N–H and O–H groups in total. The Morgan fingerprint density at radius 3 is 2.40 bits per heavy atom. The Hall–Kier alpha value is -1.18. The highest BCUT2D eigenvalue weighted by Gasteiger charge is 2.39. The van der Waals surface area contributed by atoms with Crippen LogP contribution in [0, 0.1) is 0 Å². The minimum absolute atomic E-state index is 0.0250. The van der Waals surface area contributed by atoms with Crippen molar-refractivity contribution in [3.8, 4) is 0 Å². The molecule has 0 aromatic heterocycles. The second kappa shape index (κ2) is 7.56. The van der Waals surface area contributed by atoms with Crippen molar-refractivity contribution in [2.24, 2.45) is 11.5 Å². The number of rotatable bonds is 7. The molecule has 116 valence electrons. The summed E-state index contributed by atoms with van der Waals surface area (Å²) < 4.78 is 0. The Morgan fingerprint density at radius 1 is 1.35 bits per heavy atom. The number of nitrogens with two attached hydrogens (primary N) is 2. The molecule has 1 atom stereocenters. The van der Waals surface area contributed by atoms with Crippen LogP contribution < -0.4 is 16.8 Å². The fourth-order valence-corrected chi connectivity index (χ4v) is 2.44. The van der Waals surface area contributed by atoms with E-state index in [1.54, 1.807) is 11.9 Å². The fraction of sp³-hybridized carbons (Fsp3) is 0.846. The van der Waals surface area contributed by atoms with Gasteiger partial charge in [0.25, 0.3) is 0 Å². The van der Waals surface area contributed by atoms with Crippen LogP contribution in [0.5, 0.6) is 0 Å². The van der Waals surface area contributed by atoms with Crippen molar-refractivity contribution in [2.75, 3.05) is 26.7 Å². The maximum Gasteiger partial charge on any atom is 0.323 e. The summed E-state index contributed by atoms with van der Waals surface area (Å²) in [5.74, 6) is -0.963. The second-order valence-corrected chi connectivity index (χ2v) is 5.41. The number of carbonyl (C=O) groups excluding carboxylic acids is 1. The topological polar surface area (TPSA) is 122 Å². The summed E-state index contributed by atoms with van der Waals surface area (Å²) in [6, 6.07) is -0.225. The van der Waals surface area contributed by atoms with Gasteiger partial charge in [0, 0.05) is 13.1 Å². The summed E-state index contributed by atoms with van der Waals surface area (Å²) in [6.45, 7) is 1.43. The number of hydrogen-bond donors (Lipinski definition) is 4. The van der Waals surface area contributed by atoms with Crippen molar-refractivity contribution in [1.82, 2.24) is 10.2 Å². The Bertz CT molecular complexity index is 341. The van der Waals surface area contributed by atoms with E-state index in [1.165, 1.54) is 0 Å². The molecule has 1 aliphatic rings. The van der Waals surface area contributed by atoms with Crippen LogP contribution in [0.1, 0.15) is 32.1 Å². The first-order chi connectivity index (χ1) is 9.44. The standard InChI is InChI=1S/C13H26N4O3/c1-16-10(4-2-3-7-14)11(18)17-8-5-13(15,6-9-17)12(19)20/h10,16H,2-9,14-15H2,1H3,(H,19,20). The Balaban J connectivity index is 2.50. The lowest BCUT2D eigenvalue weighted by Gasteiger charge is -2.37. The lowest BCUT2D eigenvalue weighted by atomic mass is 9.88. The molecule has 1 unspecified atom stereocenters. The number of hydrogen-bond acceptors (Lipinski definition) is 5. The van der Waals surface area contributed by atoms with Crippen LogP contribution in [-0.2, 0) is 9.59 Å². The normalized spacial score (nSPS) is 19.6. The minimum atomic E-state index is -1.19. The summed E-state index contributed by atoms with van der Waals surface area (Å²) in [5, 5.41) is 12.1. The smallest absolute Gasteiger partial charge is 0.323 e. The predicted molar refractivity (Wildman–Crippen MR) is 76.1 cm³/mol. The molecule has 1 rings (SSSR count). The van der Waals surface area contributed by atoms with Crippen LogP contribution >= 0.6 is 0 Å². The van der Waals surface area contributed by atoms with Crippen LogP contribution in [0.4, 0.5) is 0 Å².